The maximum atomic E-state index is 11.9. The highest BCUT2D eigenvalue weighted by Crippen LogP contribution is 2.58. The lowest BCUT2D eigenvalue weighted by Crippen LogP contribution is -2.52. The van der Waals surface area contributed by atoms with Gasteiger partial charge in [0.05, 0.1) is 12.9 Å². The molecular weight excluding hydrogens is 188 g/mol. The molecule has 15 heavy (non-hydrogen) atoms. The highest BCUT2D eigenvalue weighted by molar-refractivity contribution is 5.85. The first-order chi connectivity index (χ1) is 7.22. The minimum absolute atomic E-state index is 0.318. The van der Waals surface area contributed by atoms with Crippen molar-refractivity contribution in [1.29, 1.82) is 0 Å². The molecule has 0 aromatic heterocycles. The lowest BCUT2D eigenvalue weighted by Gasteiger charge is -2.55. The van der Waals surface area contributed by atoms with Crippen LogP contribution in [0.25, 0.3) is 0 Å². The summed E-state index contributed by atoms with van der Waals surface area (Å²) < 4.78 is 5.41. The Labute approximate surface area is 90.7 Å². The van der Waals surface area contributed by atoms with Gasteiger partial charge in [-0.05, 0) is 38.0 Å². The fourth-order valence-corrected chi connectivity index (χ4v) is 4.32. The molecule has 2 atom stereocenters. The molecule has 0 aromatic carbocycles. The topological polar surface area (TPSA) is 26.3 Å². The molecule has 4 aliphatic rings. The van der Waals surface area contributed by atoms with E-state index in [-0.39, 0.29) is 0 Å². The van der Waals surface area contributed by atoms with Crippen molar-refractivity contribution in [1.82, 2.24) is 0 Å². The average molecular weight is 206 g/mol. The quantitative estimate of drug-likeness (QED) is 0.663. The first-order valence-corrected chi connectivity index (χ1v) is 5.99. The van der Waals surface area contributed by atoms with Crippen LogP contribution in [0, 0.1) is 23.2 Å². The van der Waals surface area contributed by atoms with Gasteiger partial charge in [0.15, 0.2) is 0 Å². The number of ketones is 1. The smallest absolute Gasteiger partial charge is 0.139 e. The number of hydrogen-bond acceptors (Lipinski definition) is 2. The van der Waals surface area contributed by atoms with Gasteiger partial charge in [-0.1, -0.05) is 6.58 Å². The number of hydrogen-bond donors (Lipinski definition) is 0. The lowest BCUT2D eigenvalue weighted by molar-refractivity contribution is -0.151. The molecule has 4 aliphatic carbocycles. The summed E-state index contributed by atoms with van der Waals surface area (Å²) in [5, 5.41) is 0. The second-order valence-corrected chi connectivity index (χ2v) is 5.72. The average Bonchev–Trinajstić information content (AvgIpc) is 2.22. The summed E-state index contributed by atoms with van der Waals surface area (Å²) in [4.78, 5) is 11.9. The van der Waals surface area contributed by atoms with E-state index in [1.165, 1.54) is 6.42 Å². The van der Waals surface area contributed by atoms with Crippen LogP contribution in [0.3, 0.4) is 0 Å². The Bertz CT molecular complexity index is 290. The van der Waals surface area contributed by atoms with Crippen molar-refractivity contribution >= 4 is 5.78 Å². The van der Waals surface area contributed by atoms with Gasteiger partial charge in [-0.2, -0.15) is 0 Å². The van der Waals surface area contributed by atoms with E-state index in [1.54, 1.807) is 6.26 Å². The highest BCUT2D eigenvalue weighted by atomic mass is 16.5. The Morgan fingerprint density at radius 2 is 2.00 bits per heavy atom. The van der Waals surface area contributed by atoms with E-state index in [0.29, 0.717) is 23.0 Å². The molecule has 4 rings (SSSR count). The van der Waals surface area contributed by atoms with Crippen molar-refractivity contribution in [3.05, 3.63) is 12.8 Å². The van der Waals surface area contributed by atoms with E-state index < -0.39 is 0 Å². The van der Waals surface area contributed by atoms with E-state index in [9.17, 15) is 4.79 Å². The van der Waals surface area contributed by atoms with Crippen LogP contribution in [0.2, 0.25) is 0 Å². The molecule has 0 radical (unpaired) electrons. The second kappa shape index (κ2) is 3.10. The monoisotopic (exact) mass is 206 g/mol. The Kier molecular flexibility index (Phi) is 1.95. The number of ether oxygens (including phenoxy) is 1. The van der Waals surface area contributed by atoms with Gasteiger partial charge in [0, 0.05) is 17.3 Å². The Balaban J connectivity index is 1.82. The SMILES string of the molecule is C=COCC12CC3CC(C1)C(=O)C(C3)C2. The van der Waals surface area contributed by atoms with E-state index in [0.717, 1.165) is 38.2 Å². The zero-order valence-corrected chi connectivity index (χ0v) is 9.08. The van der Waals surface area contributed by atoms with Crippen molar-refractivity contribution in [3.63, 3.8) is 0 Å². The van der Waals surface area contributed by atoms with Gasteiger partial charge < -0.3 is 4.74 Å². The molecule has 0 aromatic rings. The van der Waals surface area contributed by atoms with Crippen molar-refractivity contribution in [3.8, 4) is 0 Å². The molecule has 2 unspecified atom stereocenters. The molecule has 0 aliphatic heterocycles. The maximum Gasteiger partial charge on any atom is 0.139 e. The first kappa shape index (κ1) is 9.44. The normalized spacial score (nSPS) is 46.9. The summed E-state index contributed by atoms with van der Waals surface area (Å²) in [5.74, 6) is 2.09. The molecule has 0 amide bonds. The highest BCUT2D eigenvalue weighted by Gasteiger charge is 2.55. The largest absolute Gasteiger partial charge is 0.501 e. The predicted octanol–water partition coefficient (Wildman–Crippen LogP) is 2.54. The number of carbonyl (C=O) groups excluding carboxylic acids is 1. The second-order valence-electron chi connectivity index (χ2n) is 5.72. The zero-order valence-electron chi connectivity index (χ0n) is 9.08. The predicted molar refractivity (Wildman–Crippen MR) is 57.1 cm³/mol. The number of carbonyl (C=O) groups is 1. The molecule has 4 fully saturated rings. The third-order valence-electron chi connectivity index (χ3n) is 4.63. The number of rotatable bonds is 3. The summed E-state index contributed by atoms with van der Waals surface area (Å²) in [6, 6.07) is 0. The summed E-state index contributed by atoms with van der Waals surface area (Å²) in [6.07, 6.45) is 7.29. The zero-order chi connectivity index (χ0) is 10.5. The van der Waals surface area contributed by atoms with Crippen LogP contribution in [-0.2, 0) is 9.53 Å². The van der Waals surface area contributed by atoms with Crippen LogP contribution in [-0.4, -0.2) is 12.4 Å². The van der Waals surface area contributed by atoms with E-state index in [2.05, 4.69) is 6.58 Å². The maximum absolute atomic E-state index is 11.9. The van der Waals surface area contributed by atoms with Gasteiger partial charge in [-0.25, -0.2) is 0 Å². The Morgan fingerprint density at radius 3 is 2.60 bits per heavy atom. The van der Waals surface area contributed by atoms with Crippen LogP contribution in [0.1, 0.15) is 32.1 Å². The molecule has 4 saturated carbocycles. The third-order valence-corrected chi connectivity index (χ3v) is 4.63. The van der Waals surface area contributed by atoms with Crippen molar-refractivity contribution in [2.45, 2.75) is 32.1 Å². The van der Waals surface area contributed by atoms with Gasteiger partial charge >= 0.3 is 0 Å². The lowest BCUT2D eigenvalue weighted by atomic mass is 9.49. The summed E-state index contributed by atoms with van der Waals surface area (Å²) in [7, 11) is 0. The van der Waals surface area contributed by atoms with Crippen molar-refractivity contribution in [2.75, 3.05) is 6.61 Å². The molecule has 2 nitrogen and oxygen atoms in total. The molecule has 4 bridgehead atoms. The third kappa shape index (κ3) is 1.34. The van der Waals surface area contributed by atoms with Gasteiger partial charge in [0.1, 0.15) is 5.78 Å². The van der Waals surface area contributed by atoms with Gasteiger partial charge in [-0.15, -0.1) is 0 Å². The van der Waals surface area contributed by atoms with Crippen LogP contribution in [0.5, 0.6) is 0 Å². The summed E-state index contributed by atoms with van der Waals surface area (Å²) in [6.45, 7) is 4.39. The van der Waals surface area contributed by atoms with Crippen LogP contribution in [0.4, 0.5) is 0 Å². The first-order valence-electron chi connectivity index (χ1n) is 5.99. The van der Waals surface area contributed by atoms with Crippen molar-refractivity contribution < 1.29 is 9.53 Å². The van der Waals surface area contributed by atoms with Gasteiger partial charge in [0.2, 0.25) is 0 Å². The minimum atomic E-state index is 0.318. The molecule has 82 valence electrons. The number of Topliss-reactive ketones (excluding diaryl/α,β-unsaturated/α-hetero) is 1. The van der Waals surface area contributed by atoms with E-state index >= 15 is 0 Å². The Hall–Kier alpha value is -0.790. The molecule has 0 saturated heterocycles. The summed E-state index contributed by atoms with van der Waals surface area (Å²) in [5.41, 5.74) is 0.318. The molecule has 0 spiro atoms. The molecule has 2 heteroatoms. The van der Waals surface area contributed by atoms with Gasteiger partial charge in [0.25, 0.3) is 0 Å². The molecular formula is C13H18O2. The Morgan fingerprint density at radius 1 is 1.33 bits per heavy atom. The fourth-order valence-electron chi connectivity index (χ4n) is 4.32. The van der Waals surface area contributed by atoms with Crippen LogP contribution in [0.15, 0.2) is 12.8 Å². The van der Waals surface area contributed by atoms with Crippen LogP contribution < -0.4 is 0 Å². The molecule has 0 heterocycles. The minimum Gasteiger partial charge on any atom is -0.501 e. The molecule has 0 N–H and O–H groups in total. The fraction of sp³-hybridized carbons (Fsp3) is 0.769. The van der Waals surface area contributed by atoms with E-state index in [4.69, 9.17) is 4.74 Å². The van der Waals surface area contributed by atoms with Crippen molar-refractivity contribution in [2.24, 2.45) is 23.2 Å². The summed E-state index contributed by atoms with van der Waals surface area (Å²) >= 11 is 0. The standard InChI is InChI=1S/C13H18O2/c1-2-15-8-13-5-9-3-10(6-13)12(14)11(4-9)7-13/h2,9-11H,1,3-8H2. The van der Waals surface area contributed by atoms with Crippen LogP contribution >= 0.6 is 0 Å². The van der Waals surface area contributed by atoms with Gasteiger partial charge in [-0.3, -0.25) is 4.79 Å². The van der Waals surface area contributed by atoms with E-state index in [1.807, 2.05) is 0 Å².